The Morgan fingerprint density at radius 1 is 1.03 bits per heavy atom. The second-order valence-electron chi connectivity index (χ2n) is 9.58. The van der Waals surface area contributed by atoms with Crippen molar-refractivity contribution < 1.29 is 9.59 Å². The molecule has 0 radical (unpaired) electrons. The molecule has 0 unspecified atom stereocenters. The summed E-state index contributed by atoms with van der Waals surface area (Å²) >= 11 is 0. The van der Waals surface area contributed by atoms with E-state index >= 15 is 0 Å². The Kier molecular flexibility index (Phi) is 7.98. The highest BCUT2D eigenvalue weighted by Gasteiger charge is 2.22. The van der Waals surface area contributed by atoms with Gasteiger partial charge in [0.05, 0.1) is 5.52 Å². The van der Waals surface area contributed by atoms with Gasteiger partial charge in [-0.2, -0.15) is 0 Å². The zero-order valence-corrected chi connectivity index (χ0v) is 20.9. The van der Waals surface area contributed by atoms with Crippen LogP contribution in [0.2, 0.25) is 0 Å². The van der Waals surface area contributed by atoms with Crippen molar-refractivity contribution in [1.29, 1.82) is 0 Å². The van der Waals surface area contributed by atoms with Gasteiger partial charge >= 0.3 is 6.03 Å². The van der Waals surface area contributed by atoms with E-state index in [9.17, 15) is 9.59 Å². The third-order valence-corrected chi connectivity index (χ3v) is 6.55. The van der Waals surface area contributed by atoms with Gasteiger partial charge in [-0.1, -0.05) is 37.3 Å². The number of pyridine rings is 1. The largest absolute Gasteiger partial charge is 0.343 e. The van der Waals surface area contributed by atoms with Crippen LogP contribution >= 0.6 is 0 Å². The van der Waals surface area contributed by atoms with Crippen molar-refractivity contribution in [3.63, 3.8) is 0 Å². The molecule has 0 bridgehead atoms. The standard InChI is InChI=1S/C28H35N5O2/c1-4-27(34)33-13-11-20(12-14-33)17-30-28(35)31-25-10-9-23-15-24(18-29-26(23)16-25)22-7-5-21(6-8-22)19-32(2)3/h5-10,15-16,18,20H,4,11-14,17,19H2,1-3H3,(H2,30,31,35). The lowest BCUT2D eigenvalue weighted by molar-refractivity contribution is -0.132. The van der Waals surface area contributed by atoms with Crippen molar-refractivity contribution in [2.45, 2.75) is 32.7 Å². The number of rotatable bonds is 7. The number of hydrogen-bond acceptors (Lipinski definition) is 4. The molecular formula is C28H35N5O2. The lowest BCUT2D eigenvalue weighted by Gasteiger charge is -2.31. The number of benzene rings is 2. The van der Waals surface area contributed by atoms with Crippen LogP contribution in [0.25, 0.3) is 22.0 Å². The maximum Gasteiger partial charge on any atom is 0.319 e. The number of nitrogens with one attached hydrogen (secondary N) is 2. The second-order valence-corrected chi connectivity index (χ2v) is 9.58. The van der Waals surface area contributed by atoms with Gasteiger partial charge in [0.25, 0.3) is 0 Å². The summed E-state index contributed by atoms with van der Waals surface area (Å²) in [6.45, 7) is 4.98. The van der Waals surface area contributed by atoms with E-state index in [0.717, 1.165) is 54.5 Å². The van der Waals surface area contributed by atoms with Crippen molar-refractivity contribution in [2.24, 2.45) is 5.92 Å². The molecule has 1 aliphatic heterocycles. The van der Waals surface area contributed by atoms with Crippen LogP contribution < -0.4 is 10.6 Å². The number of amides is 3. The number of urea groups is 1. The molecule has 0 saturated carbocycles. The highest BCUT2D eigenvalue weighted by Crippen LogP contribution is 2.25. The van der Waals surface area contributed by atoms with Gasteiger partial charge in [-0.25, -0.2) is 4.79 Å². The number of fused-ring (bicyclic) bond motifs is 1. The first-order valence-corrected chi connectivity index (χ1v) is 12.4. The molecule has 3 amide bonds. The minimum absolute atomic E-state index is 0.212. The molecule has 2 aromatic carbocycles. The topological polar surface area (TPSA) is 77.6 Å². The highest BCUT2D eigenvalue weighted by atomic mass is 16.2. The fourth-order valence-corrected chi connectivity index (χ4v) is 4.55. The summed E-state index contributed by atoms with van der Waals surface area (Å²) in [4.78, 5) is 32.9. The number of carbonyl (C=O) groups is 2. The van der Waals surface area contributed by atoms with E-state index in [4.69, 9.17) is 0 Å². The Labute approximate surface area is 207 Å². The zero-order chi connectivity index (χ0) is 24.8. The number of aromatic nitrogens is 1. The van der Waals surface area contributed by atoms with E-state index in [2.05, 4.69) is 64.9 Å². The van der Waals surface area contributed by atoms with E-state index in [0.29, 0.717) is 24.6 Å². The van der Waals surface area contributed by atoms with Crippen molar-refractivity contribution >= 4 is 28.5 Å². The minimum atomic E-state index is -0.217. The Balaban J connectivity index is 1.32. The van der Waals surface area contributed by atoms with Crippen LogP contribution in [0.15, 0.2) is 54.7 Å². The average Bonchev–Trinajstić information content (AvgIpc) is 2.87. The van der Waals surface area contributed by atoms with Crippen molar-refractivity contribution in [3.8, 4) is 11.1 Å². The third-order valence-electron chi connectivity index (χ3n) is 6.55. The van der Waals surface area contributed by atoms with Crippen molar-refractivity contribution in [3.05, 3.63) is 60.3 Å². The first-order valence-electron chi connectivity index (χ1n) is 12.4. The van der Waals surface area contributed by atoms with Gasteiger partial charge in [-0.3, -0.25) is 9.78 Å². The lowest BCUT2D eigenvalue weighted by atomic mass is 9.96. The molecule has 184 valence electrons. The minimum Gasteiger partial charge on any atom is -0.343 e. The van der Waals surface area contributed by atoms with E-state index in [1.807, 2.05) is 36.2 Å². The van der Waals surface area contributed by atoms with Crippen LogP contribution in [0.5, 0.6) is 0 Å². The molecular weight excluding hydrogens is 438 g/mol. The summed E-state index contributed by atoms with van der Waals surface area (Å²) in [6.07, 6.45) is 4.28. The molecule has 4 rings (SSSR count). The fraction of sp³-hybridized carbons (Fsp3) is 0.393. The van der Waals surface area contributed by atoms with Crippen LogP contribution in [-0.4, -0.2) is 60.5 Å². The summed E-state index contributed by atoms with van der Waals surface area (Å²) in [5.74, 6) is 0.611. The quantitative estimate of drug-likeness (QED) is 0.520. The van der Waals surface area contributed by atoms with Crippen LogP contribution in [0.4, 0.5) is 10.5 Å². The molecule has 1 aromatic heterocycles. The second kappa shape index (κ2) is 11.3. The Bertz CT molecular complexity index is 1170. The summed E-state index contributed by atoms with van der Waals surface area (Å²) in [5, 5.41) is 6.92. The van der Waals surface area contributed by atoms with Crippen molar-refractivity contribution in [2.75, 3.05) is 39.0 Å². The summed E-state index contributed by atoms with van der Waals surface area (Å²) < 4.78 is 0. The molecule has 1 saturated heterocycles. The molecule has 2 N–H and O–H groups in total. The number of nitrogens with zero attached hydrogens (tertiary/aromatic N) is 3. The van der Waals surface area contributed by atoms with Gasteiger partial charge in [-0.05, 0) is 62.2 Å². The Morgan fingerprint density at radius 2 is 1.77 bits per heavy atom. The lowest BCUT2D eigenvalue weighted by Crippen LogP contribution is -2.42. The molecule has 1 fully saturated rings. The molecule has 0 spiro atoms. The Hall–Kier alpha value is -3.45. The van der Waals surface area contributed by atoms with E-state index in [1.165, 1.54) is 5.56 Å². The van der Waals surface area contributed by atoms with Gasteiger partial charge in [-0.15, -0.1) is 0 Å². The number of piperidine rings is 1. The zero-order valence-electron chi connectivity index (χ0n) is 20.9. The van der Waals surface area contributed by atoms with E-state index in [-0.39, 0.29) is 11.9 Å². The number of carbonyl (C=O) groups excluding carboxylic acids is 2. The predicted octanol–water partition coefficient (Wildman–Crippen LogP) is 4.73. The summed E-state index contributed by atoms with van der Waals surface area (Å²) in [7, 11) is 4.13. The monoisotopic (exact) mass is 473 g/mol. The average molecular weight is 474 g/mol. The van der Waals surface area contributed by atoms with Gasteiger partial charge in [0.2, 0.25) is 5.91 Å². The van der Waals surface area contributed by atoms with E-state index in [1.54, 1.807) is 0 Å². The molecule has 35 heavy (non-hydrogen) atoms. The van der Waals surface area contributed by atoms with Crippen LogP contribution in [-0.2, 0) is 11.3 Å². The van der Waals surface area contributed by atoms with Gasteiger partial charge in [0, 0.05) is 55.4 Å². The smallest absolute Gasteiger partial charge is 0.319 e. The highest BCUT2D eigenvalue weighted by molar-refractivity contribution is 5.93. The van der Waals surface area contributed by atoms with Gasteiger partial charge in [0.15, 0.2) is 0 Å². The van der Waals surface area contributed by atoms with Crippen LogP contribution in [0.3, 0.4) is 0 Å². The first kappa shape index (κ1) is 24.7. The Morgan fingerprint density at radius 3 is 2.46 bits per heavy atom. The normalized spacial score (nSPS) is 14.3. The fourth-order valence-electron chi connectivity index (χ4n) is 4.55. The molecule has 7 nitrogen and oxygen atoms in total. The first-order chi connectivity index (χ1) is 16.9. The van der Waals surface area contributed by atoms with Gasteiger partial charge < -0.3 is 20.4 Å². The molecule has 0 aliphatic carbocycles. The van der Waals surface area contributed by atoms with E-state index < -0.39 is 0 Å². The van der Waals surface area contributed by atoms with Gasteiger partial charge in [0.1, 0.15) is 0 Å². The molecule has 2 heterocycles. The van der Waals surface area contributed by atoms with Crippen molar-refractivity contribution in [1.82, 2.24) is 20.1 Å². The molecule has 3 aromatic rings. The summed E-state index contributed by atoms with van der Waals surface area (Å²) in [5.41, 5.74) is 5.03. The predicted molar refractivity (Wildman–Crippen MR) is 141 cm³/mol. The van der Waals surface area contributed by atoms with Crippen LogP contribution in [0.1, 0.15) is 31.7 Å². The number of anilines is 1. The molecule has 0 atom stereocenters. The summed E-state index contributed by atoms with van der Waals surface area (Å²) in [6, 6.07) is 16.3. The number of likely N-dealkylation sites (tertiary alicyclic amines) is 1. The van der Waals surface area contributed by atoms with Crippen LogP contribution in [0, 0.1) is 5.92 Å². The molecule has 1 aliphatic rings. The molecule has 7 heteroatoms. The number of hydrogen-bond donors (Lipinski definition) is 2. The third kappa shape index (κ3) is 6.57. The maximum absolute atomic E-state index is 12.4. The SMILES string of the molecule is CCC(=O)N1CCC(CNC(=O)Nc2ccc3cc(-c4ccc(CN(C)C)cc4)cnc3c2)CC1. The maximum atomic E-state index is 12.4.